The monoisotopic (exact) mass is 382 g/mol. The van der Waals surface area contributed by atoms with Crippen molar-refractivity contribution in [2.75, 3.05) is 32.5 Å². The average molecular weight is 382 g/mol. The fourth-order valence-corrected chi connectivity index (χ4v) is 3.77. The highest BCUT2D eigenvalue weighted by molar-refractivity contribution is 6.32. The second kappa shape index (κ2) is 9.17. The standard InChI is InChI=1S/C21H31BN4O2/c1-13-9-14(2)12-26(11-13)16(4)18-10-17(22)7-8-19(18)24-21(28)23-15(3)20(27)25(5)6/h7-8,10,13-15H,4,9,11-12H2,1-3,5-6H3,(H2,23,24,28)/t13-,14+,15-/m0/s1. The SMILES string of the molecule is [B]c1ccc(NC(=O)N[C@@H](C)C(=O)N(C)C)c(C(=C)N2C[C@H](C)C[C@H](C)C2)c1. The first-order chi connectivity index (χ1) is 13.1. The summed E-state index contributed by atoms with van der Waals surface area (Å²) in [7, 11) is 9.30. The molecule has 1 saturated heterocycles. The number of amides is 3. The van der Waals surface area contributed by atoms with Crippen molar-refractivity contribution in [2.24, 2.45) is 11.8 Å². The van der Waals surface area contributed by atoms with Gasteiger partial charge in [-0.3, -0.25) is 4.79 Å². The van der Waals surface area contributed by atoms with Crippen LogP contribution in [0, 0.1) is 11.8 Å². The van der Waals surface area contributed by atoms with E-state index in [9.17, 15) is 9.59 Å². The van der Waals surface area contributed by atoms with E-state index in [0.29, 0.717) is 23.0 Å². The zero-order valence-electron chi connectivity index (χ0n) is 17.6. The van der Waals surface area contributed by atoms with E-state index in [1.807, 2.05) is 6.07 Å². The lowest BCUT2D eigenvalue weighted by atomic mass is 9.89. The molecule has 0 aromatic heterocycles. The molecule has 1 aliphatic heterocycles. The maximum atomic E-state index is 12.4. The van der Waals surface area contributed by atoms with E-state index in [-0.39, 0.29) is 5.91 Å². The van der Waals surface area contributed by atoms with Crippen LogP contribution in [0.5, 0.6) is 0 Å². The molecule has 0 saturated carbocycles. The minimum atomic E-state index is -0.626. The molecule has 1 aliphatic rings. The highest BCUT2D eigenvalue weighted by Crippen LogP contribution is 2.30. The summed E-state index contributed by atoms with van der Waals surface area (Å²) in [6.45, 7) is 12.3. The van der Waals surface area contributed by atoms with Crippen LogP contribution >= 0.6 is 0 Å². The molecule has 6 nitrogen and oxygen atoms in total. The van der Waals surface area contributed by atoms with Crippen LogP contribution in [0.1, 0.15) is 32.8 Å². The van der Waals surface area contributed by atoms with Gasteiger partial charge in [0.1, 0.15) is 13.9 Å². The van der Waals surface area contributed by atoms with Crippen molar-refractivity contribution in [3.05, 3.63) is 30.3 Å². The number of carbonyl (C=O) groups excluding carboxylic acids is 2. The third-order valence-corrected chi connectivity index (χ3v) is 5.01. The molecular formula is C21H31BN4O2. The highest BCUT2D eigenvalue weighted by atomic mass is 16.2. The third-order valence-electron chi connectivity index (χ3n) is 5.01. The van der Waals surface area contributed by atoms with Gasteiger partial charge in [-0.1, -0.05) is 38.0 Å². The first kappa shape index (κ1) is 21.9. The molecule has 1 heterocycles. The van der Waals surface area contributed by atoms with E-state index in [4.69, 9.17) is 7.85 Å². The summed E-state index contributed by atoms with van der Waals surface area (Å²) in [5.41, 5.74) is 2.87. The van der Waals surface area contributed by atoms with E-state index >= 15 is 0 Å². The summed E-state index contributed by atoms with van der Waals surface area (Å²) in [5, 5.41) is 5.51. The Balaban J connectivity index is 2.16. The zero-order chi connectivity index (χ0) is 21.0. The maximum Gasteiger partial charge on any atom is 0.319 e. The van der Waals surface area contributed by atoms with Gasteiger partial charge in [0.05, 0.1) is 5.69 Å². The van der Waals surface area contributed by atoms with Crippen molar-refractivity contribution in [3.8, 4) is 0 Å². The molecular weight excluding hydrogens is 351 g/mol. The van der Waals surface area contributed by atoms with Gasteiger partial charge in [-0.05, 0) is 31.2 Å². The molecule has 2 rings (SSSR count). The molecule has 0 unspecified atom stereocenters. The van der Waals surface area contributed by atoms with Crippen LogP contribution in [0.15, 0.2) is 24.8 Å². The molecule has 28 heavy (non-hydrogen) atoms. The molecule has 2 radical (unpaired) electrons. The summed E-state index contributed by atoms with van der Waals surface area (Å²) < 4.78 is 0. The molecule has 3 atom stereocenters. The molecule has 1 aromatic rings. The van der Waals surface area contributed by atoms with Crippen molar-refractivity contribution < 1.29 is 9.59 Å². The molecule has 0 spiro atoms. The fraction of sp³-hybridized carbons (Fsp3) is 0.524. The molecule has 1 aromatic carbocycles. The van der Waals surface area contributed by atoms with Gasteiger partial charge in [0.15, 0.2) is 0 Å². The number of hydrogen-bond acceptors (Lipinski definition) is 3. The van der Waals surface area contributed by atoms with E-state index in [0.717, 1.165) is 24.4 Å². The number of urea groups is 1. The Hall–Kier alpha value is -2.44. The van der Waals surface area contributed by atoms with Crippen LogP contribution in [0.4, 0.5) is 10.5 Å². The Morgan fingerprint density at radius 3 is 2.43 bits per heavy atom. The lowest BCUT2D eigenvalue weighted by Crippen LogP contribution is -2.46. The molecule has 2 N–H and O–H groups in total. The van der Waals surface area contributed by atoms with E-state index in [2.05, 4.69) is 36.0 Å². The topological polar surface area (TPSA) is 64.7 Å². The van der Waals surface area contributed by atoms with Gasteiger partial charge in [-0.25, -0.2) is 4.79 Å². The first-order valence-electron chi connectivity index (χ1n) is 9.71. The van der Waals surface area contributed by atoms with Crippen molar-refractivity contribution in [1.29, 1.82) is 0 Å². The minimum absolute atomic E-state index is 0.173. The van der Waals surface area contributed by atoms with Gasteiger partial charge < -0.3 is 20.4 Å². The molecule has 150 valence electrons. The number of rotatable bonds is 5. The van der Waals surface area contributed by atoms with Crippen molar-refractivity contribution in [3.63, 3.8) is 0 Å². The van der Waals surface area contributed by atoms with E-state index in [1.54, 1.807) is 33.2 Å². The van der Waals surface area contributed by atoms with Gasteiger partial charge in [0.2, 0.25) is 5.91 Å². The van der Waals surface area contributed by atoms with Crippen LogP contribution in [0.2, 0.25) is 0 Å². The molecule has 3 amide bonds. The zero-order valence-corrected chi connectivity index (χ0v) is 17.6. The first-order valence-corrected chi connectivity index (χ1v) is 9.71. The number of carbonyl (C=O) groups is 2. The van der Waals surface area contributed by atoms with Gasteiger partial charge in [0.25, 0.3) is 0 Å². The van der Waals surface area contributed by atoms with Crippen LogP contribution in [-0.2, 0) is 4.79 Å². The number of hydrogen-bond donors (Lipinski definition) is 2. The number of anilines is 1. The summed E-state index contributed by atoms with van der Waals surface area (Å²) in [6.07, 6.45) is 1.20. The highest BCUT2D eigenvalue weighted by Gasteiger charge is 2.25. The number of nitrogens with zero attached hydrogens (tertiary/aromatic N) is 2. The lowest BCUT2D eigenvalue weighted by Gasteiger charge is -2.38. The van der Waals surface area contributed by atoms with Crippen LogP contribution in [0.3, 0.4) is 0 Å². The number of likely N-dealkylation sites (tertiary alicyclic amines) is 1. The largest absolute Gasteiger partial charge is 0.371 e. The van der Waals surface area contributed by atoms with Gasteiger partial charge in [-0.2, -0.15) is 0 Å². The smallest absolute Gasteiger partial charge is 0.319 e. The number of nitrogens with one attached hydrogen (secondary N) is 2. The van der Waals surface area contributed by atoms with Gasteiger partial charge in [-0.15, -0.1) is 0 Å². The number of benzene rings is 1. The number of likely N-dealkylation sites (N-methyl/N-ethyl adjacent to an activating group) is 1. The predicted octanol–water partition coefficient (Wildman–Crippen LogP) is 2.03. The summed E-state index contributed by atoms with van der Waals surface area (Å²) in [6, 6.07) is 4.27. The predicted molar refractivity (Wildman–Crippen MR) is 116 cm³/mol. The van der Waals surface area contributed by atoms with E-state index < -0.39 is 12.1 Å². The average Bonchev–Trinajstić information content (AvgIpc) is 2.60. The molecule has 7 heteroatoms. The minimum Gasteiger partial charge on any atom is -0.371 e. The van der Waals surface area contributed by atoms with Crippen molar-refractivity contribution in [2.45, 2.75) is 33.2 Å². The van der Waals surface area contributed by atoms with Gasteiger partial charge in [0, 0.05) is 38.4 Å². The van der Waals surface area contributed by atoms with Crippen LogP contribution < -0.4 is 16.1 Å². The van der Waals surface area contributed by atoms with E-state index in [1.165, 1.54) is 11.3 Å². The Morgan fingerprint density at radius 2 is 1.86 bits per heavy atom. The van der Waals surface area contributed by atoms with Crippen molar-refractivity contribution >= 4 is 36.6 Å². The van der Waals surface area contributed by atoms with Gasteiger partial charge >= 0.3 is 6.03 Å². The third kappa shape index (κ3) is 5.53. The second-order valence-electron chi connectivity index (χ2n) is 8.16. The maximum absolute atomic E-state index is 12.4. The quantitative estimate of drug-likeness (QED) is 0.766. The summed E-state index contributed by atoms with van der Waals surface area (Å²) >= 11 is 0. The second-order valence-corrected chi connectivity index (χ2v) is 8.16. The Bertz CT molecular complexity index is 740. The summed E-state index contributed by atoms with van der Waals surface area (Å²) in [5.74, 6) is 0.992. The normalized spacial score (nSPS) is 20.2. The lowest BCUT2D eigenvalue weighted by molar-refractivity contribution is -0.130. The Kier molecular flexibility index (Phi) is 7.16. The fourth-order valence-electron chi connectivity index (χ4n) is 3.77. The number of piperidine rings is 1. The van der Waals surface area contributed by atoms with Crippen molar-refractivity contribution in [1.82, 2.24) is 15.1 Å². The molecule has 0 aliphatic carbocycles. The summed E-state index contributed by atoms with van der Waals surface area (Å²) in [4.78, 5) is 28.1. The van der Waals surface area contributed by atoms with Crippen LogP contribution in [0.25, 0.3) is 5.70 Å². The Morgan fingerprint density at radius 1 is 1.25 bits per heavy atom. The molecule has 1 fully saturated rings. The van der Waals surface area contributed by atoms with Crippen LogP contribution in [-0.4, -0.2) is 62.8 Å². The Labute approximate surface area is 169 Å². The molecule has 0 bridgehead atoms.